The lowest BCUT2D eigenvalue weighted by atomic mass is 9.99. The van der Waals surface area contributed by atoms with Gasteiger partial charge in [-0.05, 0) is 20.0 Å². The van der Waals surface area contributed by atoms with Crippen LogP contribution in [0.3, 0.4) is 0 Å². The number of hydrogen-bond donors (Lipinski definition) is 2. The maximum atomic E-state index is 11.7. The minimum Gasteiger partial charge on any atom is -0.379 e. The first-order valence-electron chi connectivity index (χ1n) is 5.42. The van der Waals surface area contributed by atoms with Crippen molar-refractivity contribution in [1.29, 1.82) is 0 Å². The van der Waals surface area contributed by atoms with Gasteiger partial charge in [0.05, 0.1) is 6.61 Å². The molecular weight excluding hydrogens is 194 g/mol. The van der Waals surface area contributed by atoms with Crippen molar-refractivity contribution in [3.8, 4) is 0 Å². The molecule has 0 radical (unpaired) electrons. The molecule has 88 valence electrons. The Kier molecular flexibility index (Phi) is 4.50. The first-order chi connectivity index (χ1) is 7.08. The van der Waals surface area contributed by atoms with Crippen LogP contribution in [0.5, 0.6) is 0 Å². The lowest BCUT2D eigenvalue weighted by Crippen LogP contribution is -2.55. The monoisotopic (exact) mass is 215 g/mol. The number of carbonyl (C=O) groups is 1. The van der Waals surface area contributed by atoms with E-state index in [1.54, 1.807) is 0 Å². The summed E-state index contributed by atoms with van der Waals surface area (Å²) in [6, 6.07) is 0. The molecule has 1 aliphatic rings. The molecule has 1 saturated heterocycles. The Balaban J connectivity index is 2.24. The number of rotatable bonds is 5. The molecule has 5 nitrogen and oxygen atoms in total. The smallest absolute Gasteiger partial charge is 0.242 e. The first-order valence-corrected chi connectivity index (χ1v) is 5.42. The van der Waals surface area contributed by atoms with Gasteiger partial charge in [0.25, 0.3) is 0 Å². The molecule has 1 aliphatic heterocycles. The van der Waals surface area contributed by atoms with Crippen LogP contribution in [-0.4, -0.2) is 56.2 Å². The highest BCUT2D eigenvalue weighted by molar-refractivity contribution is 5.86. The number of amides is 1. The lowest BCUT2D eigenvalue weighted by molar-refractivity contribution is -0.126. The van der Waals surface area contributed by atoms with E-state index in [0.717, 1.165) is 13.1 Å². The molecule has 1 fully saturated rings. The molecule has 0 aliphatic carbocycles. The third-order valence-corrected chi connectivity index (χ3v) is 2.82. The second kappa shape index (κ2) is 5.44. The molecule has 1 heterocycles. The molecule has 1 amide bonds. The van der Waals surface area contributed by atoms with Crippen LogP contribution in [0, 0.1) is 0 Å². The van der Waals surface area contributed by atoms with E-state index in [2.05, 4.69) is 17.1 Å². The molecular formula is C10H21N3O2. The Morgan fingerprint density at radius 2 is 2.40 bits per heavy atom. The standard InChI is InChI=1S/C10H21N3O2/c1-3-13(2)6-5-12-9(14)10(11)4-7-15-8-10/h3-8,11H2,1-2H3,(H,12,14). The molecule has 0 aromatic heterocycles. The van der Waals surface area contributed by atoms with Gasteiger partial charge < -0.3 is 20.7 Å². The van der Waals surface area contributed by atoms with Gasteiger partial charge in [-0.15, -0.1) is 0 Å². The summed E-state index contributed by atoms with van der Waals surface area (Å²) < 4.78 is 5.13. The van der Waals surface area contributed by atoms with Gasteiger partial charge >= 0.3 is 0 Å². The molecule has 0 aromatic carbocycles. The predicted octanol–water partition coefficient (Wildman–Crippen LogP) is -0.828. The zero-order chi connectivity index (χ0) is 11.3. The summed E-state index contributed by atoms with van der Waals surface area (Å²) in [5.41, 5.74) is 5.10. The van der Waals surface area contributed by atoms with Crippen LogP contribution in [-0.2, 0) is 9.53 Å². The van der Waals surface area contributed by atoms with E-state index in [0.29, 0.717) is 26.2 Å². The highest BCUT2D eigenvalue weighted by Crippen LogP contribution is 2.14. The molecule has 1 atom stereocenters. The van der Waals surface area contributed by atoms with Gasteiger partial charge in [-0.1, -0.05) is 6.92 Å². The first kappa shape index (κ1) is 12.4. The van der Waals surface area contributed by atoms with E-state index in [1.807, 2.05) is 7.05 Å². The number of nitrogens with two attached hydrogens (primary N) is 1. The molecule has 0 saturated carbocycles. The second-order valence-corrected chi connectivity index (χ2v) is 4.11. The van der Waals surface area contributed by atoms with E-state index in [4.69, 9.17) is 10.5 Å². The fourth-order valence-electron chi connectivity index (χ4n) is 1.45. The van der Waals surface area contributed by atoms with Crippen LogP contribution in [0.2, 0.25) is 0 Å². The number of hydrogen-bond acceptors (Lipinski definition) is 4. The second-order valence-electron chi connectivity index (χ2n) is 4.11. The highest BCUT2D eigenvalue weighted by atomic mass is 16.5. The molecule has 1 unspecified atom stereocenters. The summed E-state index contributed by atoms with van der Waals surface area (Å²) in [6.07, 6.45) is 0.614. The molecule has 0 bridgehead atoms. The summed E-state index contributed by atoms with van der Waals surface area (Å²) in [4.78, 5) is 13.8. The Morgan fingerprint density at radius 1 is 1.67 bits per heavy atom. The largest absolute Gasteiger partial charge is 0.379 e. The Bertz CT molecular complexity index is 215. The Labute approximate surface area is 90.9 Å². The minimum absolute atomic E-state index is 0.0931. The number of nitrogens with one attached hydrogen (secondary N) is 1. The van der Waals surface area contributed by atoms with Gasteiger partial charge in [0.2, 0.25) is 5.91 Å². The van der Waals surface area contributed by atoms with Crippen molar-refractivity contribution in [2.24, 2.45) is 5.73 Å². The number of likely N-dealkylation sites (N-methyl/N-ethyl adjacent to an activating group) is 1. The van der Waals surface area contributed by atoms with E-state index in [-0.39, 0.29) is 5.91 Å². The van der Waals surface area contributed by atoms with Crippen molar-refractivity contribution in [3.63, 3.8) is 0 Å². The zero-order valence-corrected chi connectivity index (χ0v) is 9.58. The maximum absolute atomic E-state index is 11.7. The highest BCUT2D eigenvalue weighted by Gasteiger charge is 2.37. The Morgan fingerprint density at radius 3 is 2.93 bits per heavy atom. The normalized spacial score (nSPS) is 25.9. The molecule has 5 heteroatoms. The molecule has 0 spiro atoms. The van der Waals surface area contributed by atoms with E-state index in [9.17, 15) is 4.79 Å². The quantitative estimate of drug-likeness (QED) is 0.628. The summed E-state index contributed by atoms with van der Waals surface area (Å²) in [7, 11) is 2.02. The van der Waals surface area contributed by atoms with Crippen LogP contribution in [0.4, 0.5) is 0 Å². The van der Waals surface area contributed by atoms with Crippen LogP contribution in [0.1, 0.15) is 13.3 Å². The van der Waals surface area contributed by atoms with Crippen LogP contribution < -0.4 is 11.1 Å². The van der Waals surface area contributed by atoms with Crippen molar-refractivity contribution in [2.75, 3.05) is 39.9 Å². The summed E-state index contributed by atoms with van der Waals surface area (Å²) in [5, 5.41) is 2.84. The van der Waals surface area contributed by atoms with Crippen molar-refractivity contribution >= 4 is 5.91 Å². The van der Waals surface area contributed by atoms with Crippen LogP contribution in [0.25, 0.3) is 0 Å². The van der Waals surface area contributed by atoms with E-state index < -0.39 is 5.54 Å². The van der Waals surface area contributed by atoms with Gasteiger partial charge in [0.15, 0.2) is 0 Å². The SMILES string of the molecule is CCN(C)CCNC(=O)C1(N)CCOC1. The van der Waals surface area contributed by atoms with E-state index >= 15 is 0 Å². The van der Waals surface area contributed by atoms with Gasteiger partial charge in [0.1, 0.15) is 5.54 Å². The fourth-order valence-corrected chi connectivity index (χ4v) is 1.45. The van der Waals surface area contributed by atoms with Crippen LogP contribution in [0.15, 0.2) is 0 Å². The van der Waals surface area contributed by atoms with Gasteiger partial charge in [-0.25, -0.2) is 0 Å². The fraction of sp³-hybridized carbons (Fsp3) is 0.900. The minimum atomic E-state index is -0.801. The lowest BCUT2D eigenvalue weighted by Gasteiger charge is -2.21. The topological polar surface area (TPSA) is 67.6 Å². The third-order valence-electron chi connectivity index (χ3n) is 2.82. The van der Waals surface area contributed by atoms with Gasteiger partial charge in [-0.3, -0.25) is 4.79 Å². The molecule has 3 N–H and O–H groups in total. The molecule has 1 rings (SSSR count). The van der Waals surface area contributed by atoms with Crippen molar-refractivity contribution in [3.05, 3.63) is 0 Å². The van der Waals surface area contributed by atoms with Gasteiger partial charge in [-0.2, -0.15) is 0 Å². The van der Waals surface area contributed by atoms with Crippen LogP contribution >= 0.6 is 0 Å². The number of carbonyl (C=O) groups excluding carboxylic acids is 1. The average Bonchev–Trinajstić information content (AvgIpc) is 2.66. The molecule has 0 aromatic rings. The number of ether oxygens (including phenoxy) is 1. The van der Waals surface area contributed by atoms with E-state index in [1.165, 1.54) is 0 Å². The van der Waals surface area contributed by atoms with Crippen molar-refractivity contribution in [2.45, 2.75) is 18.9 Å². The van der Waals surface area contributed by atoms with Gasteiger partial charge in [0, 0.05) is 19.7 Å². The number of nitrogens with zero attached hydrogens (tertiary/aromatic N) is 1. The predicted molar refractivity (Wildman–Crippen MR) is 58.5 cm³/mol. The molecule has 15 heavy (non-hydrogen) atoms. The summed E-state index contributed by atoms with van der Waals surface area (Å²) in [6.45, 7) is 5.46. The van der Waals surface area contributed by atoms with Crippen molar-refractivity contribution < 1.29 is 9.53 Å². The third kappa shape index (κ3) is 3.44. The summed E-state index contributed by atoms with van der Waals surface area (Å²) in [5.74, 6) is -0.0931. The average molecular weight is 215 g/mol. The summed E-state index contributed by atoms with van der Waals surface area (Å²) >= 11 is 0. The maximum Gasteiger partial charge on any atom is 0.242 e. The zero-order valence-electron chi connectivity index (χ0n) is 9.58. The van der Waals surface area contributed by atoms with Crippen molar-refractivity contribution in [1.82, 2.24) is 10.2 Å². The Hall–Kier alpha value is -0.650.